The first kappa shape index (κ1) is 15.0. The number of aliphatic imine (C=N–C) groups is 1. The van der Waals surface area contributed by atoms with Crippen molar-refractivity contribution in [1.82, 2.24) is 10.5 Å². The zero-order chi connectivity index (χ0) is 15.4. The fourth-order valence-corrected chi connectivity index (χ4v) is 4.25. The maximum atomic E-state index is 10.1. The van der Waals surface area contributed by atoms with Crippen molar-refractivity contribution < 1.29 is 9.63 Å². The average Bonchev–Trinajstić information content (AvgIpc) is 2.95. The zero-order valence-electron chi connectivity index (χ0n) is 12.4. The van der Waals surface area contributed by atoms with Gasteiger partial charge >= 0.3 is 6.47 Å². The molecule has 1 aromatic rings. The molecule has 0 aliphatic heterocycles. The van der Waals surface area contributed by atoms with E-state index in [0.717, 1.165) is 6.42 Å². The number of thiazole rings is 1. The number of nitrogens with two attached hydrogens (primary N) is 1. The topological polar surface area (TPSA) is 89.6 Å². The minimum Gasteiger partial charge on any atom is -0.367 e. The predicted octanol–water partition coefficient (Wildman–Crippen LogP) is 2.69. The molecule has 0 bridgehead atoms. The van der Waals surface area contributed by atoms with Crippen molar-refractivity contribution in [2.24, 2.45) is 10.7 Å². The number of nitrogens with one attached hydrogen (secondary N) is 1. The normalized spacial score (nSPS) is 21.7. The van der Waals surface area contributed by atoms with Gasteiger partial charge in [0.25, 0.3) is 0 Å². The molecular weight excluding hydrogens is 300 g/mol. The maximum Gasteiger partial charge on any atom is 0.320 e. The largest absolute Gasteiger partial charge is 0.367 e. The minimum absolute atomic E-state index is 0.0339. The molecule has 3 rings (SSSR count). The molecule has 1 aromatic heterocycles. The summed E-state index contributed by atoms with van der Waals surface area (Å²) >= 11 is 1.58. The van der Waals surface area contributed by atoms with Gasteiger partial charge in [0.15, 0.2) is 0 Å². The van der Waals surface area contributed by atoms with Gasteiger partial charge in [-0.3, -0.25) is 4.79 Å². The smallest absolute Gasteiger partial charge is 0.320 e. The van der Waals surface area contributed by atoms with Gasteiger partial charge < -0.3 is 10.6 Å². The van der Waals surface area contributed by atoms with E-state index in [0.29, 0.717) is 11.0 Å². The third-order valence-electron chi connectivity index (χ3n) is 4.14. The van der Waals surface area contributed by atoms with Crippen LogP contribution in [-0.2, 0) is 16.1 Å². The Hall–Kier alpha value is -1.89. The van der Waals surface area contributed by atoms with Crippen molar-refractivity contribution in [3.8, 4) is 0 Å². The quantitative estimate of drug-likeness (QED) is 0.293. The van der Waals surface area contributed by atoms with E-state index in [1.165, 1.54) is 49.1 Å². The second-order valence-electron chi connectivity index (χ2n) is 5.59. The van der Waals surface area contributed by atoms with Crippen LogP contribution in [0.1, 0.15) is 55.0 Å². The molecule has 6 nitrogen and oxygen atoms in total. The monoisotopic (exact) mass is 320 g/mol. The van der Waals surface area contributed by atoms with E-state index in [4.69, 9.17) is 5.73 Å². The molecule has 7 heteroatoms. The molecule has 1 heterocycles. The summed E-state index contributed by atoms with van der Waals surface area (Å²) in [6.45, 7) is 0.265. The number of allylic oxidation sites excluding steroid dienone is 2. The number of hydrogen-bond acceptors (Lipinski definition) is 5. The SMILES string of the molecule is NC(=Nc1nc2c(s1)CCCC2C1=CCCCC1)NOC=O. The van der Waals surface area contributed by atoms with Gasteiger partial charge in [-0.15, -0.1) is 0 Å². The highest BCUT2D eigenvalue weighted by Crippen LogP contribution is 2.43. The van der Waals surface area contributed by atoms with Crippen molar-refractivity contribution in [3.63, 3.8) is 0 Å². The molecular formula is C15H20N4O2S. The lowest BCUT2D eigenvalue weighted by Gasteiger charge is -2.26. The molecule has 0 saturated carbocycles. The lowest BCUT2D eigenvalue weighted by atomic mass is 9.80. The Kier molecular flexibility index (Phi) is 4.72. The summed E-state index contributed by atoms with van der Waals surface area (Å²) in [6.07, 6.45) is 10.8. The lowest BCUT2D eigenvalue weighted by molar-refractivity contribution is -0.132. The third kappa shape index (κ3) is 3.30. The van der Waals surface area contributed by atoms with E-state index in [1.54, 1.807) is 16.9 Å². The van der Waals surface area contributed by atoms with Crippen LogP contribution in [0.5, 0.6) is 0 Å². The third-order valence-corrected chi connectivity index (χ3v) is 5.17. The minimum atomic E-state index is 0.0339. The van der Waals surface area contributed by atoms with Crippen LogP contribution >= 0.6 is 11.3 Å². The summed E-state index contributed by atoms with van der Waals surface area (Å²) in [6, 6.07) is 0. The number of carbonyl (C=O) groups excluding carboxylic acids is 1. The van der Waals surface area contributed by atoms with Crippen LogP contribution in [0.2, 0.25) is 0 Å². The number of rotatable bonds is 4. The van der Waals surface area contributed by atoms with Crippen LogP contribution in [0.15, 0.2) is 16.6 Å². The van der Waals surface area contributed by atoms with E-state index < -0.39 is 0 Å². The molecule has 3 N–H and O–H groups in total. The fraction of sp³-hybridized carbons (Fsp3) is 0.533. The number of nitrogens with zero attached hydrogens (tertiary/aromatic N) is 2. The molecule has 118 valence electrons. The van der Waals surface area contributed by atoms with Gasteiger partial charge in [-0.25, -0.2) is 4.98 Å². The highest BCUT2D eigenvalue weighted by molar-refractivity contribution is 7.15. The number of hydrogen-bond donors (Lipinski definition) is 2. The number of aromatic nitrogens is 1. The summed E-state index contributed by atoms with van der Waals surface area (Å²) in [5, 5.41) is 0.618. The first-order valence-corrected chi connectivity index (χ1v) is 8.47. The van der Waals surface area contributed by atoms with Crippen molar-refractivity contribution >= 4 is 28.9 Å². The molecule has 0 fully saturated rings. The van der Waals surface area contributed by atoms with E-state index in [1.807, 2.05) is 0 Å². The van der Waals surface area contributed by atoms with Gasteiger partial charge in [0.2, 0.25) is 11.1 Å². The molecule has 1 unspecified atom stereocenters. The highest BCUT2D eigenvalue weighted by Gasteiger charge is 2.28. The summed E-state index contributed by atoms with van der Waals surface area (Å²) in [7, 11) is 0. The Balaban J connectivity index is 1.82. The van der Waals surface area contributed by atoms with Crippen LogP contribution in [0.25, 0.3) is 0 Å². The van der Waals surface area contributed by atoms with Crippen molar-refractivity contribution in [1.29, 1.82) is 0 Å². The summed E-state index contributed by atoms with van der Waals surface area (Å²) in [5.74, 6) is 0.483. The molecule has 22 heavy (non-hydrogen) atoms. The summed E-state index contributed by atoms with van der Waals surface area (Å²) in [4.78, 5) is 24.7. The van der Waals surface area contributed by atoms with Crippen molar-refractivity contribution in [3.05, 3.63) is 22.2 Å². The summed E-state index contributed by atoms with van der Waals surface area (Å²) in [5.41, 5.74) is 10.6. The first-order valence-electron chi connectivity index (χ1n) is 7.66. The molecule has 0 radical (unpaired) electrons. The highest BCUT2D eigenvalue weighted by atomic mass is 32.1. The van der Waals surface area contributed by atoms with Crippen LogP contribution in [-0.4, -0.2) is 17.4 Å². The second-order valence-corrected chi connectivity index (χ2v) is 6.65. The molecule has 0 spiro atoms. The zero-order valence-corrected chi connectivity index (χ0v) is 13.2. The van der Waals surface area contributed by atoms with Gasteiger partial charge in [-0.05, 0) is 44.9 Å². The molecule has 0 amide bonds. The van der Waals surface area contributed by atoms with Gasteiger partial charge in [0.05, 0.1) is 5.69 Å². The lowest BCUT2D eigenvalue weighted by Crippen LogP contribution is -2.30. The van der Waals surface area contributed by atoms with Gasteiger partial charge in [-0.2, -0.15) is 10.5 Å². The molecule has 0 aromatic carbocycles. The van der Waals surface area contributed by atoms with E-state index in [9.17, 15) is 4.79 Å². The molecule has 1 atom stereocenters. The van der Waals surface area contributed by atoms with Gasteiger partial charge in [0.1, 0.15) is 0 Å². The number of carbonyl (C=O) groups is 1. The van der Waals surface area contributed by atoms with Crippen LogP contribution in [0, 0.1) is 0 Å². The van der Waals surface area contributed by atoms with Crippen molar-refractivity contribution in [2.75, 3.05) is 0 Å². The Bertz CT molecular complexity index is 609. The maximum absolute atomic E-state index is 10.1. The Labute approximate surface area is 133 Å². The number of hydroxylamine groups is 1. The number of guanidine groups is 1. The Morgan fingerprint density at radius 1 is 1.45 bits per heavy atom. The average molecular weight is 320 g/mol. The van der Waals surface area contributed by atoms with E-state index in [2.05, 4.69) is 26.4 Å². The van der Waals surface area contributed by atoms with Gasteiger partial charge in [0, 0.05) is 10.8 Å². The Morgan fingerprint density at radius 2 is 2.36 bits per heavy atom. The number of aryl methyl sites for hydroxylation is 1. The summed E-state index contributed by atoms with van der Waals surface area (Å²) < 4.78 is 0. The number of fused-ring (bicyclic) bond motifs is 1. The van der Waals surface area contributed by atoms with Gasteiger partial charge in [-0.1, -0.05) is 23.0 Å². The molecule has 0 saturated heterocycles. The van der Waals surface area contributed by atoms with Crippen LogP contribution in [0.3, 0.4) is 0 Å². The van der Waals surface area contributed by atoms with E-state index >= 15 is 0 Å². The second kappa shape index (κ2) is 6.91. The fourth-order valence-electron chi connectivity index (χ4n) is 3.20. The van der Waals surface area contributed by atoms with Crippen LogP contribution in [0.4, 0.5) is 5.13 Å². The molecule has 2 aliphatic rings. The van der Waals surface area contributed by atoms with Crippen LogP contribution < -0.4 is 11.2 Å². The standard InChI is InChI=1S/C15H20N4O2S/c16-14(19-21-9-20)18-15-17-13-11(7-4-8-12(13)22-15)10-5-2-1-3-6-10/h5,9,11H,1-4,6-8H2,(H3,16,17,18,19). The predicted molar refractivity (Wildman–Crippen MR) is 85.9 cm³/mol. The molecule has 2 aliphatic carbocycles. The van der Waals surface area contributed by atoms with E-state index in [-0.39, 0.29) is 12.4 Å². The van der Waals surface area contributed by atoms with Crippen molar-refractivity contribution in [2.45, 2.75) is 50.9 Å². The first-order chi connectivity index (χ1) is 10.8. The Morgan fingerprint density at radius 3 is 3.14 bits per heavy atom.